The minimum Gasteiger partial charge on any atom is -0.376 e. The van der Waals surface area contributed by atoms with Gasteiger partial charge in [0.05, 0.1) is 12.7 Å². The maximum Gasteiger partial charge on any atom is 0.0703 e. The van der Waals surface area contributed by atoms with E-state index in [1.165, 1.54) is 11.1 Å². The molecule has 1 heterocycles. The van der Waals surface area contributed by atoms with E-state index in [4.69, 9.17) is 4.74 Å². The van der Waals surface area contributed by atoms with Crippen molar-refractivity contribution in [2.45, 2.75) is 25.9 Å². The summed E-state index contributed by atoms with van der Waals surface area (Å²) in [6.07, 6.45) is 2.65. The van der Waals surface area contributed by atoms with Crippen molar-refractivity contribution in [1.29, 1.82) is 0 Å². The Labute approximate surface area is 105 Å². The molecule has 2 heteroatoms. The van der Waals surface area contributed by atoms with Crippen molar-refractivity contribution in [3.8, 4) is 0 Å². The Kier molecular flexibility index (Phi) is 6.60. The van der Waals surface area contributed by atoms with Crippen molar-refractivity contribution in [2.24, 2.45) is 0 Å². The highest BCUT2D eigenvalue weighted by atomic mass is 16.5. The van der Waals surface area contributed by atoms with E-state index in [-0.39, 0.29) is 0 Å². The fourth-order valence-corrected chi connectivity index (χ4v) is 2.01. The summed E-state index contributed by atoms with van der Waals surface area (Å²) in [7, 11) is 0. The van der Waals surface area contributed by atoms with Crippen LogP contribution in [0.4, 0.5) is 0 Å². The number of ether oxygens (including phenoxy) is 1. The fraction of sp³-hybridized carbons (Fsp3) is 0.467. The SMILES string of the molecule is C=C.Cc1ccccc1CC[C@@H]1CNCCO1. The first kappa shape index (κ1) is 13.9. The van der Waals surface area contributed by atoms with Crippen molar-refractivity contribution in [3.05, 3.63) is 48.6 Å². The molecular formula is C15H23NO. The highest BCUT2D eigenvalue weighted by Gasteiger charge is 2.13. The van der Waals surface area contributed by atoms with E-state index in [1.54, 1.807) is 0 Å². The molecule has 1 aliphatic rings. The van der Waals surface area contributed by atoms with Gasteiger partial charge in [-0.15, -0.1) is 13.2 Å². The third kappa shape index (κ3) is 4.72. The van der Waals surface area contributed by atoms with Crippen LogP contribution in [0.25, 0.3) is 0 Å². The second-order valence-corrected chi connectivity index (χ2v) is 4.16. The summed E-state index contributed by atoms with van der Waals surface area (Å²) in [6, 6.07) is 8.60. The molecule has 17 heavy (non-hydrogen) atoms. The average Bonchev–Trinajstić information content (AvgIpc) is 2.41. The smallest absolute Gasteiger partial charge is 0.0703 e. The number of hydrogen-bond donors (Lipinski definition) is 1. The summed E-state index contributed by atoms with van der Waals surface area (Å²) < 4.78 is 5.68. The molecule has 1 atom stereocenters. The minimum absolute atomic E-state index is 0.401. The zero-order chi connectivity index (χ0) is 12.5. The molecule has 1 N–H and O–H groups in total. The molecule has 94 valence electrons. The molecule has 0 radical (unpaired) electrons. The van der Waals surface area contributed by atoms with E-state index >= 15 is 0 Å². The van der Waals surface area contributed by atoms with Crippen molar-refractivity contribution in [2.75, 3.05) is 19.7 Å². The highest BCUT2D eigenvalue weighted by molar-refractivity contribution is 5.25. The van der Waals surface area contributed by atoms with Crippen molar-refractivity contribution in [1.82, 2.24) is 5.32 Å². The van der Waals surface area contributed by atoms with Crippen LogP contribution < -0.4 is 5.32 Å². The molecule has 1 saturated heterocycles. The Morgan fingerprint density at radius 1 is 1.35 bits per heavy atom. The zero-order valence-corrected chi connectivity index (χ0v) is 10.7. The van der Waals surface area contributed by atoms with Crippen LogP contribution in [0, 0.1) is 6.92 Å². The van der Waals surface area contributed by atoms with Gasteiger partial charge in [0.1, 0.15) is 0 Å². The van der Waals surface area contributed by atoms with Crippen LogP contribution in [0.2, 0.25) is 0 Å². The molecule has 1 aromatic rings. The van der Waals surface area contributed by atoms with Gasteiger partial charge in [-0.25, -0.2) is 0 Å². The number of hydrogen-bond acceptors (Lipinski definition) is 2. The molecule has 1 aromatic carbocycles. The van der Waals surface area contributed by atoms with E-state index in [1.807, 2.05) is 0 Å². The number of nitrogens with one attached hydrogen (secondary N) is 1. The van der Waals surface area contributed by atoms with Crippen LogP contribution in [0.15, 0.2) is 37.4 Å². The first-order valence-electron chi connectivity index (χ1n) is 6.23. The third-order valence-corrected chi connectivity index (χ3v) is 3.00. The molecule has 2 nitrogen and oxygen atoms in total. The summed E-state index contributed by atoms with van der Waals surface area (Å²) in [6.45, 7) is 11.0. The predicted octanol–water partition coefficient (Wildman–Crippen LogP) is 2.72. The molecule has 1 fully saturated rings. The van der Waals surface area contributed by atoms with E-state index in [0.29, 0.717) is 6.10 Å². The monoisotopic (exact) mass is 233 g/mol. The first-order chi connectivity index (χ1) is 8.36. The second-order valence-electron chi connectivity index (χ2n) is 4.16. The molecule has 0 amide bonds. The molecule has 0 saturated carbocycles. The second kappa shape index (κ2) is 8.04. The summed E-state index contributed by atoms with van der Waals surface area (Å²) in [5, 5.41) is 3.36. The number of rotatable bonds is 3. The topological polar surface area (TPSA) is 21.3 Å². The van der Waals surface area contributed by atoms with Gasteiger partial charge >= 0.3 is 0 Å². The van der Waals surface area contributed by atoms with Crippen LogP contribution in [-0.4, -0.2) is 25.8 Å². The number of aryl methyl sites for hydroxylation is 2. The molecule has 0 aliphatic carbocycles. The van der Waals surface area contributed by atoms with E-state index < -0.39 is 0 Å². The molecule has 0 spiro atoms. The van der Waals surface area contributed by atoms with Gasteiger partial charge < -0.3 is 10.1 Å². The van der Waals surface area contributed by atoms with Gasteiger partial charge in [0.2, 0.25) is 0 Å². The lowest BCUT2D eigenvalue weighted by molar-refractivity contribution is 0.0238. The van der Waals surface area contributed by atoms with E-state index in [9.17, 15) is 0 Å². The van der Waals surface area contributed by atoms with Crippen LogP contribution in [0.3, 0.4) is 0 Å². The maximum absolute atomic E-state index is 5.68. The minimum atomic E-state index is 0.401. The van der Waals surface area contributed by atoms with Gasteiger partial charge in [0.15, 0.2) is 0 Å². The Bertz CT molecular complexity index is 318. The average molecular weight is 233 g/mol. The summed E-state index contributed by atoms with van der Waals surface area (Å²) in [5.74, 6) is 0. The number of benzene rings is 1. The highest BCUT2D eigenvalue weighted by Crippen LogP contribution is 2.12. The molecule has 2 rings (SSSR count). The largest absolute Gasteiger partial charge is 0.376 e. The van der Waals surface area contributed by atoms with Crippen molar-refractivity contribution in [3.63, 3.8) is 0 Å². The van der Waals surface area contributed by atoms with Crippen molar-refractivity contribution >= 4 is 0 Å². The maximum atomic E-state index is 5.68. The predicted molar refractivity (Wildman–Crippen MR) is 73.4 cm³/mol. The normalized spacial score (nSPS) is 19.2. The summed E-state index contributed by atoms with van der Waals surface area (Å²) in [5.41, 5.74) is 2.84. The lowest BCUT2D eigenvalue weighted by Crippen LogP contribution is -2.38. The van der Waals surface area contributed by atoms with Crippen LogP contribution in [0.1, 0.15) is 17.5 Å². The summed E-state index contributed by atoms with van der Waals surface area (Å²) in [4.78, 5) is 0. The molecular weight excluding hydrogens is 210 g/mol. The molecule has 0 bridgehead atoms. The van der Waals surface area contributed by atoms with Crippen LogP contribution in [0.5, 0.6) is 0 Å². The van der Waals surface area contributed by atoms with Gasteiger partial charge in [-0.2, -0.15) is 0 Å². The Balaban J connectivity index is 0.000000686. The molecule has 0 aromatic heterocycles. The Morgan fingerprint density at radius 3 is 2.76 bits per heavy atom. The Hall–Kier alpha value is -1.12. The summed E-state index contributed by atoms with van der Waals surface area (Å²) >= 11 is 0. The molecule has 0 unspecified atom stereocenters. The first-order valence-corrected chi connectivity index (χ1v) is 6.23. The number of morpholine rings is 1. The van der Waals surface area contributed by atoms with E-state index in [0.717, 1.165) is 32.5 Å². The Morgan fingerprint density at radius 2 is 2.12 bits per heavy atom. The van der Waals surface area contributed by atoms with E-state index in [2.05, 4.69) is 49.7 Å². The van der Waals surface area contributed by atoms with Gasteiger partial charge in [0, 0.05) is 13.1 Å². The van der Waals surface area contributed by atoms with Crippen molar-refractivity contribution < 1.29 is 4.74 Å². The molecule has 1 aliphatic heterocycles. The fourth-order valence-electron chi connectivity index (χ4n) is 2.01. The quantitative estimate of drug-likeness (QED) is 0.811. The zero-order valence-electron chi connectivity index (χ0n) is 10.7. The lowest BCUT2D eigenvalue weighted by Gasteiger charge is -2.23. The van der Waals surface area contributed by atoms with Gasteiger partial charge in [0.25, 0.3) is 0 Å². The van der Waals surface area contributed by atoms with Gasteiger partial charge in [-0.3, -0.25) is 0 Å². The van der Waals surface area contributed by atoms with Crippen LogP contribution in [-0.2, 0) is 11.2 Å². The van der Waals surface area contributed by atoms with Crippen LogP contribution >= 0.6 is 0 Å². The van der Waals surface area contributed by atoms with Gasteiger partial charge in [-0.1, -0.05) is 24.3 Å². The standard InChI is InChI=1S/C13H19NO.C2H4/c1-11-4-2-3-5-12(11)6-7-13-10-14-8-9-15-13;1-2/h2-5,13-14H,6-10H2,1H3;1-2H2/t13-;/m1./s1. The van der Waals surface area contributed by atoms with Gasteiger partial charge in [-0.05, 0) is 30.9 Å². The third-order valence-electron chi connectivity index (χ3n) is 3.00. The lowest BCUT2D eigenvalue weighted by atomic mass is 10.0.